The lowest BCUT2D eigenvalue weighted by Gasteiger charge is -2.52. The largest absolute Gasteiger partial charge is 0.367 e. The van der Waals surface area contributed by atoms with Crippen LogP contribution in [0.4, 0.5) is 0 Å². The van der Waals surface area contributed by atoms with E-state index in [1.807, 2.05) is 0 Å². The molecule has 2 rings (SSSR count). The number of hydrogen-bond donors (Lipinski definition) is 1. The molecule has 0 aromatic carbocycles. The molecule has 3 atom stereocenters. The Morgan fingerprint density at radius 3 is 2.20 bits per heavy atom. The fourth-order valence-corrected chi connectivity index (χ4v) is 4.47. The Kier molecular flexibility index (Phi) is 4.83. The Morgan fingerprint density at radius 2 is 1.70 bits per heavy atom. The lowest BCUT2D eigenvalue weighted by Crippen LogP contribution is -2.62. The number of hydrogen-bond acceptors (Lipinski definition) is 3. The van der Waals surface area contributed by atoms with Crippen molar-refractivity contribution < 1.29 is 4.74 Å². The first kappa shape index (κ1) is 16.3. The van der Waals surface area contributed by atoms with E-state index in [0.29, 0.717) is 12.0 Å². The Hall–Kier alpha value is -0.120. The van der Waals surface area contributed by atoms with Crippen LogP contribution in [0.15, 0.2) is 0 Å². The lowest BCUT2D eigenvalue weighted by atomic mass is 9.75. The van der Waals surface area contributed by atoms with Crippen molar-refractivity contribution in [1.29, 1.82) is 0 Å². The van der Waals surface area contributed by atoms with Gasteiger partial charge in [-0.2, -0.15) is 0 Å². The van der Waals surface area contributed by atoms with Crippen molar-refractivity contribution in [3.8, 4) is 0 Å². The van der Waals surface area contributed by atoms with Crippen molar-refractivity contribution in [2.45, 2.75) is 77.5 Å². The molecule has 118 valence electrons. The Bertz CT molecular complexity index is 311. The van der Waals surface area contributed by atoms with E-state index < -0.39 is 0 Å². The minimum absolute atomic E-state index is 0.0555. The molecule has 2 aliphatic rings. The SMILES string of the molecule is CCC1CCC(CN)C(N2CC(C)(C)OC(C)(C)C2)C1. The summed E-state index contributed by atoms with van der Waals surface area (Å²) in [6.07, 6.45) is 5.30. The Balaban J connectivity index is 2.14. The second kappa shape index (κ2) is 5.94. The first-order valence-electron chi connectivity index (χ1n) is 8.40. The maximum Gasteiger partial charge on any atom is 0.0760 e. The maximum atomic E-state index is 6.23. The molecule has 3 heteroatoms. The zero-order valence-electron chi connectivity index (χ0n) is 14.1. The van der Waals surface area contributed by atoms with E-state index in [1.165, 1.54) is 25.7 Å². The third kappa shape index (κ3) is 3.75. The summed E-state index contributed by atoms with van der Waals surface area (Å²) in [6.45, 7) is 14.1. The predicted octanol–water partition coefficient (Wildman–Crippen LogP) is 3.03. The highest BCUT2D eigenvalue weighted by molar-refractivity contribution is 4.96. The summed E-state index contributed by atoms with van der Waals surface area (Å²) >= 11 is 0. The molecule has 0 bridgehead atoms. The van der Waals surface area contributed by atoms with E-state index in [-0.39, 0.29) is 11.2 Å². The van der Waals surface area contributed by atoms with Gasteiger partial charge in [0.2, 0.25) is 0 Å². The zero-order valence-corrected chi connectivity index (χ0v) is 14.1. The highest BCUT2D eigenvalue weighted by atomic mass is 16.5. The van der Waals surface area contributed by atoms with Crippen LogP contribution in [-0.2, 0) is 4.74 Å². The van der Waals surface area contributed by atoms with Crippen LogP contribution in [0.25, 0.3) is 0 Å². The number of rotatable bonds is 3. The molecule has 0 radical (unpaired) electrons. The molecule has 3 unspecified atom stereocenters. The van der Waals surface area contributed by atoms with E-state index >= 15 is 0 Å². The fourth-order valence-electron chi connectivity index (χ4n) is 4.47. The van der Waals surface area contributed by atoms with Gasteiger partial charge in [0.15, 0.2) is 0 Å². The maximum absolute atomic E-state index is 6.23. The average Bonchev–Trinajstić information content (AvgIpc) is 2.34. The summed E-state index contributed by atoms with van der Waals surface area (Å²) in [4.78, 5) is 2.68. The summed E-state index contributed by atoms with van der Waals surface area (Å²) in [7, 11) is 0. The molecular formula is C17H34N2O. The normalized spacial score (nSPS) is 37.8. The molecule has 1 aliphatic carbocycles. The van der Waals surface area contributed by atoms with E-state index in [1.54, 1.807) is 0 Å². The quantitative estimate of drug-likeness (QED) is 0.864. The van der Waals surface area contributed by atoms with Crippen LogP contribution >= 0.6 is 0 Å². The van der Waals surface area contributed by atoms with Gasteiger partial charge in [-0.3, -0.25) is 4.90 Å². The van der Waals surface area contributed by atoms with Crippen LogP contribution < -0.4 is 5.73 Å². The smallest absolute Gasteiger partial charge is 0.0760 e. The second-order valence-corrected chi connectivity index (χ2v) is 8.18. The van der Waals surface area contributed by atoms with Gasteiger partial charge in [0, 0.05) is 19.1 Å². The zero-order chi connectivity index (χ0) is 15.0. The van der Waals surface area contributed by atoms with Gasteiger partial charge in [0.1, 0.15) is 0 Å². The molecule has 3 nitrogen and oxygen atoms in total. The molecule has 1 saturated heterocycles. The minimum Gasteiger partial charge on any atom is -0.367 e. The van der Waals surface area contributed by atoms with Crippen molar-refractivity contribution in [3.05, 3.63) is 0 Å². The van der Waals surface area contributed by atoms with Crippen LogP contribution in [-0.4, -0.2) is 41.8 Å². The van der Waals surface area contributed by atoms with Gasteiger partial charge in [-0.15, -0.1) is 0 Å². The second-order valence-electron chi connectivity index (χ2n) is 8.18. The number of nitrogens with two attached hydrogens (primary N) is 1. The van der Waals surface area contributed by atoms with Crippen molar-refractivity contribution in [2.24, 2.45) is 17.6 Å². The number of ether oxygens (including phenoxy) is 1. The third-order valence-corrected chi connectivity index (χ3v) is 5.13. The monoisotopic (exact) mass is 282 g/mol. The van der Waals surface area contributed by atoms with Crippen LogP contribution in [0.1, 0.15) is 60.3 Å². The van der Waals surface area contributed by atoms with E-state index in [0.717, 1.165) is 25.6 Å². The Labute approximate surface area is 125 Å². The summed E-state index contributed by atoms with van der Waals surface area (Å²) in [5.41, 5.74) is 5.95. The van der Waals surface area contributed by atoms with E-state index in [9.17, 15) is 0 Å². The summed E-state index contributed by atoms with van der Waals surface area (Å²) in [5.74, 6) is 1.55. The molecule has 0 aromatic rings. The van der Waals surface area contributed by atoms with Gasteiger partial charge in [0.05, 0.1) is 11.2 Å². The minimum atomic E-state index is -0.0555. The van der Waals surface area contributed by atoms with E-state index in [4.69, 9.17) is 10.5 Å². The average molecular weight is 282 g/mol. The van der Waals surface area contributed by atoms with Gasteiger partial charge in [-0.1, -0.05) is 19.8 Å². The van der Waals surface area contributed by atoms with Crippen molar-refractivity contribution in [3.63, 3.8) is 0 Å². The summed E-state index contributed by atoms with van der Waals surface area (Å²) in [6, 6.07) is 0.654. The lowest BCUT2D eigenvalue weighted by molar-refractivity contribution is -0.193. The fraction of sp³-hybridized carbons (Fsp3) is 1.00. The highest BCUT2D eigenvalue weighted by Crippen LogP contribution is 2.37. The molecule has 0 aromatic heterocycles. The first-order valence-corrected chi connectivity index (χ1v) is 8.40. The number of morpholine rings is 1. The van der Waals surface area contributed by atoms with Crippen molar-refractivity contribution in [2.75, 3.05) is 19.6 Å². The molecule has 2 N–H and O–H groups in total. The van der Waals surface area contributed by atoms with Crippen molar-refractivity contribution in [1.82, 2.24) is 4.90 Å². The summed E-state index contributed by atoms with van der Waals surface area (Å²) in [5, 5.41) is 0. The molecule has 2 fully saturated rings. The number of nitrogens with zero attached hydrogens (tertiary/aromatic N) is 1. The molecular weight excluding hydrogens is 248 g/mol. The van der Waals surface area contributed by atoms with E-state index in [2.05, 4.69) is 39.5 Å². The highest BCUT2D eigenvalue weighted by Gasteiger charge is 2.43. The standard InChI is InChI=1S/C17H34N2O/c1-6-13-7-8-14(10-18)15(9-13)19-11-16(2,3)20-17(4,5)12-19/h13-15H,6-12,18H2,1-5H3. The molecule has 20 heavy (non-hydrogen) atoms. The van der Waals surface area contributed by atoms with Crippen molar-refractivity contribution >= 4 is 0 Å². The molecule has 0 amide bonds. The Morgan fingerprint density at radius 1 is 1.10 bits per heavy atom. The van der Waals surface area contributed by atoms with Gasteiger partial charge in [-0.05, 0) is 58.9 Å². The summed E-state index contributed by atoms with van der Waals surface area (Å²) < 4.78 is 6.23. The van der Waals surface area contributed by atoms with Gasteiger partial charge in [-0.25, -0.2) is 0 Å². The molecule has 0 spiro atoms. The van der Waals surface area contributed by atoms with Gasteiger partial charge in [0.25, 0.3) is 0 Å². The van der Waals surface area contributed by atoms with Crippen LogP contribution in [0.3, 0.4) is 0 Å². The molecule has 1 aliphatic heterocycles. The molecule has 1 saturated carbocycles. The first-order chi connectivity index (χ1) is 9.26. The third-order valence-electron chi connectivity index (χ3n) is 5.13. The molecule has 1 heterocycles. The van der Waals surface area contributed by atoms with Crippen LogP contribution in [0.5, 0.6) is 0 Å². The van der Waals surface area contributed by atoms with Crippen LogP contribution in [0, 0.1) is 11.8 Å². The topological polar surface area (TPSA) is 38.5 Å². The van der Waals surface area contributed by atoms with Crippen LogP contribution in [0.2, 0.25) is 0 Å². The van der Waals surface area contributed by atoms with Gasteiger partial charge < -0.3 is 10.5 Å². The predicted molar refractivity (Wildman–Crippen MR) is 84.8 cm³/mol. The van der Waals surface area contributed by atoms with Gasteiger partial charge >= 0.3 is 0 Å².